The highest BCUT2D eigenvalue weighted by Gasteiger charge is 2.09. The van der Waals surface area contributed by atoms with Crippen LogP contribution in [0.25, 0.3) is 11.3 Å². The number of aromatic nitrogens is 4. The molecule has 0 aliphatic rings. The van der Waals surface area contributed by atoms with E-state index >= 15 is 0 Å². The fourth-order valence-electron chi connectivity index (χ4n) is 1.95. The SMILES string of the molecule is Cn1ncc(C#N)c1Nc1ccc(-c2ccccc2)nn1. The maximum Gasteiger partial charge on any atom is 0.154 e. The van der Waals surface area contributed by atoms with Gasteiger partial charge in [0.25, 0.3) is 0 Å². The number of hydrogen-bond donors (Lipinski definition) is 1. The molecule has 1 N–H and O–H groups in total. The number of rotatable bonds is 3. The molecule has 0 radical (unpaired) electrons. The highest BCUT2D eigenvalue weighted by Crippen LogP contribution is 2.20. The highest BCUT2D eigenvalue weighted by atomic mass is 15.3. The number of anilines is 2. The summed E-state index contributed by atoms with van der Waals surface area (Å²) in [5, 5.41) is 24.4. The van der Waals surface area contributed by atoms with Gasteiger partial charge in [-0.2, -0.15) is 10.4 Å². The van der Waals surface area contributed by atoms with Gasteiger partial charge >= 0.3 is 0 Å². The molecule has 3 rings (SSSR count). The average Bonchev–Trinajstić information content (AvgIpc) is 2.89. The van der Waals surface area contributed by atoms with Gasteiger partial charge in [0.05, 0.1) is 11.9 Å². The number of hydrogen-bond acceptors (Lipinski definition) is 5. The second-order valence-corrected chi connectivity index (χ2v) is 4.44. The van der Waals surface area contributed by atoms with E-state index in [0.29, 0.717) is 17.2 Å². The minimum atomic E-state index is 0.464. The fraction of sp³-hybridized carbons (Fsp3) is 0.0667. The van der Waals surface area contributed by atoms with E-state index in [1.54, 1.807) is 11.7 Å². The van der Waals surface area contributed by atoms with Crippen molar-refractivity contribution < 1.29 is 0 Å². The lowest BCUT2D eigenvalue weighted by atomic mass is 10.1. The van der Waals surface area contributed by atoms with Crippen LogP contribution in [0.4, 0.5) is 11.6 Å². The van der Waals surface area contributed by atoms with E-state index in [4.69, 9.17) is 5.26 Å². The molecular formula is C15H12N6. The van der Waals surface area contributed by atoms with Crippen molar-refractivity contribution in [3.05, 3.63) is 54.2 Å². The molecule has 0 saturated heterocycles. The van der Waals surface area contributed by atoms with Crippen LogP contribution in [-0.2, 0) is 7.05 Å². The van der Waals surface area contributed by atoms with Crippen molar-refractivity contribution >= 4 is 11.6 Å². The minimum Gasteiger partial charge on any atom is -0.323 e. The van der Waals surface area contributed by atoms with Crippen molar-refractivity contribution in [2.75, 3.05) is 5.32 Å². The number of benzene rings is 1. The fourth-order valence-corrected chi connectivity index (χ4v) is 1.95. The third kappa shape index (κ3) is 2.58. The molecule has 0 spiro atoms. The van der Waals surface area contributed by atoms with Gasteiger partial charge < -0.3 is 5.32 Å². The van der Waals surface area contributed by atoms with Crippen molar-refractivity contribution in [1.29, 1.82) is 5.26 Å². The van der Waals surface area contributed by atoms with Crippen LogP contribution >= 0.6 is 0 Å². The van der Waals surface area contributed by atoms with E-state index < -0.39 is 0 Å². The van der Waals surface area contributed by atoms with Crippen LogP contribution in [-0.4, -0.2) is 20.0 Å². The Morgan fingerprint density at radius 3 is 2.57 bits per heavy atom. The molecular weight excluding hydrogens is 264 g/mol. The van der Waals surface area contributed by atoms with Gasteiger partial charge in [-0.1, -0.05) is 30.3 Å². The van der Waals surface area contributed by atoms with Crippen LogP contribution in [0.15, 0.2) is 48.7 Å². The Labute approximate surface area is 121 Å². The Bertz CT molecular complexity index is 783. The normalized spacial score (nSPS) is 10.1. The lowest BCUT2D eigenvalue weighted by Crippen LogP contribution is -2.03. The zero-order chi connectivity index (χ0) is 14.7. The van der Waals surface area contributed by atoms with E-state index in [9.17, 15) is 0 Å². The van der Waals surface area contributed by atoms with Gasteiger partial charge in [0, 0.05) is 12.6 Å². The summed E-state index contributed by atoms with van der Waals surface area (Å²) in [7, 11) is 1.76. The van der Waals surface area contributed by atoms with Crippen molar-refractivity contribution in [2.24, 2.45) is 7.05 Å². The molecule has 0 bridgehead atoms. The Morgan fingerprint density at radius 1 is 1.10 bits per heavy atom. The molecule has 0 atom stereocenters. The summed E-state index contributed by atoms with van der Waals surface area (Å²) < 4.78 is 1.59. The summed E-state index contributed by atoms with van der Waals surface area (Å²) in [6.45, 7) is 0. The minimum absolute atomic E-state index is 0.464. The molecule has 1 aromatic carbocycles. The van der Waals surface area contributed by atoms with E-state index in [2.05, 4.69) is 26.7 Å². The molecule has 0 saturated carbocycles. The predicted octanol–water partition coefficient (Wildman–Crippen LogP) is 2.49. The maximum atomic E-state index is 9.02. The highest BCUT2D eigenvalue weighted by molar-refractivity contribution is 5.63. The first-order chi connectivity index (χ1) is 10.3. The first-order valence-corrected chi connectivity index (χ1v) is 6.36. The molecule has 0 amide bonds. The number of nitriles is 1. The molecule has 0 aliphatic heterocycles. The molecule has 0 fully saturated rings. The van der Waals surface area contributed by atoms with Crippen molar-refractivity contribution in [3.8, 4) is 17.3 Å². The smallest absolute Gasteiger partial charge is 0.154 e. The lowest BCUT2D eigenvalue weighted by molar-refractivity contribution is 0.775. The number of aryl methyl sites for hydroxylation is 1. The van der Waals surface area contributed by atoms with Crippen LogP contribution < -0.4 is 5.32 Å². The lowest BCUT2D eigenvalue weighted by Gasteiger charge is -2.06. The number of nitrogens with zero attached hydrogens (tertiary/aromatic N) is 5. The van der Waals surface area contributed by atoms with Gasteiger partial charge in [-0.25, -0.2) is 0 Å². The topological polar surface area (TPSA) is 79.4 Å². The molecule has 3 aromatic rings. The zero-order valence-electron chi connectivity index (χ0n) is 11.4. The Kier molecular flexibility index (Phi) is 3.31. The summed E-state index contributed by atoms with van der Waals surface area (Å²) in [5.41, 5.74) is 2.27. The van der Waals surface area contributed by atoms with Gasteiger partial charge in [0.15, 0.2) is 5.82 Å². The summed E-state index contributed by atoms with van der Waals surface area (Å²) in [6, 6.07) is 15.6. The third-order valence-corrected chi connectivity index (χ3v) is 3.04. The summed E-state index contributed by atoms with van der Waals surface area (Å²) >= 11 is 0. The van der Waals surface area contributed by atoms with Gasteiger partial charge in [-0.15, -0.1) is 10.2 Å². The Hall–Kier alpha value is -3.20. The second kappa shape index (κ2) is 5.43. The van der Waals surface area contributed by atoms with Gasteiger partial charge in [0.1, 0.15) is 17.5 Å². The Balaban J connectivity index is 1.85. The first-order valence-electron chi connectivity index (χ1n) is 6.36. The van der Waals surface area contributed by atoms with Crippen LogP contribution in [0.2, 0.25) is 0 Å². The second-order valence-electron chi connectivity index (χ2n) is 4.44. The van der Waals surface area contributed by atoms with Gasteiger partial charge in [-0.05, 0) is 12.1 Å². The van der Waals surface area contributed by atoms with Crippen molar-refractivity contribution in [3.63, 3.8) is 0 Å². The van der Waals surface area contributed by atoms with Crippen LogP contribution in [0, 0.1) is 11.3 Å². The Morgan fingerprint density at radius 2 is 1.90 bits per heavy atom. The van der Waals surface area contributed by atoms with Gasteiger partial charge in [-0.3, -0.25) is 4.68 Å². The summed E-state index contributed by atoms with van der Waals surface area (Å²) in [5.74, 6) is 1.16. The van der Waals surface area contributed by atoms with Crippen LogP contribution in [0.1, 0.15) is 5.56 Å². The summed E-state index contributed by atoms with van der Waals surface area (Å²) in [6.07, 6.45) is 1.51. The zero-order valence-corrected chi connectivity index (χ0v) is 11.4. The van der Waals surface area contributed by atoms with E-state index in [-0.39, 0.29) is 0 Å². The maximum absolute atomic E-state index is 9.02. The quantitative estimate of drug-likeness (QED) is 0.795. The van der Waals surface area contributed by atoms with E-state index in [0.717, 1.165) is 11.3 Å². The summed E-state index contributed by atoms with van der Waals surface area (Å²) in [4.78, 5) is 0. The van der Waals surface area contributed by atoms with Crippen LogP contribution in [0.3, 0.4) is 0 Å². The molecule has 6 nitrogen and oxygen atoms in total. The molecule has 0 unspecified atom stereocenters. The van der Waals surface area contributed by atoms with Crippen LogP contribution in [0.5, 0.6) is 0 Å². The molecule has 2 heterocycles. The largest absolute Gasteiger partial charge is 0.323 e. The molecule has 102 valence electrons. The molecule has 0 aliphatic carbocycles. The third-order valence-electron chi connectivity index (χ3n) is 3.04. The van der Waals surface area contributed by atoms with Crippen molar-refractivity contribution in [1.82, 2.24) is 20.0 Å². The number of nitrogens with one attached hydrogen (secondary N) is 1. The van der Waals surface area contributed by atoms with E-state index in [1.165, 1.54) is 6.20 Å². The molecule has 2 aromatic heterocycles. The monoisotopic (exact) mass is 276 g/mol. The van der Waals surface area contributed by atoms with E-state index in [1.807, 2.05) is 42.5 Å². The predicted molar refractivity (Wildman–Crippen MR) is 78.7 cm³/mol. The molecule has 21 heavy (non-hydrogen) atoms. The molecule has 6 heteroatoms. The first kappa shape index (κ1) is 12.8. The standard InChI is InChI=1S/C15H12N6/c1-21-15(12(9-16)10-17-21)18-14-8-7-13(19-20-14)11-5-3-2-4-6-11/h2-8,10H,1H3,(H,18,20). The van der Waals surface area contributed by atoms with Gasteiger partial charge in [0.2, 0.25) is 0 Å². The van der Waals surface area contributed by atoms with Crippen molar-refractivity contribution in [2.45, 2.75) is 0 Å². The average molecular weight is 276 g/mol.